The number of halogens is 1. The standard InChI is InChI=1S/C24H22FN3O7S/c1-3-32-23(30)20-16(27-24(31)28-21(20)18-9-4-13(2)35-18)10-34-22(29)17-12-36-19(26-17)11-33-15-7-5-14(25)6-8-15/h4-9,12,21H,3,10-11H2,1-2H3,(H2,27,28,31)/t21-/m1/s1. The van der Waals surface area contributed by atoms with Crippen LogP contribution in [0.4, 0.5) is 9.18 Å². The molecule has 188 valence electrons. The second-order valence-electron chi connectivity index (χ2n) is 7.54. The summed E-state index contributed by atoms with van der Waals surface area (Å²) in [5, 5.41) is 7.15. The van der Waals surface area contributed by atoms with Gasteiger partial charge in [0.05, 0.1) is 17.9 Å². The van der Waals surface area contributed by atoms with Crippen LogP contribution in [0, 0.1) is 12.7 Å². The number of amides is 2. The minimum atomic E-state index is -0.922. The van der Waals surface area contributed by atoms with Crippen molar-refractivity contribution in [1.82, 2.24) is 15.6 Å². The van der Waals surface area contributed by atoms with Crippen molar-refractivity contribution in [3.05, 3.63) is 81.1 Å². The number of esters is 2. The molecule has 2 amide bonds. The Balaban J connectivity index is 1.46. The first kappa shape index (κ1) is 24.9. The van der Waals surface area contributed by atoms with Crippen molar-refractivity contribution >= 4 is 29.3 Å². The molecule has 0 spiro atoms. The zero-order chi connectivity index (χ0) is 25.7. The first-order valence-corrected chi connectivity index (χ1v) is 11.8. The Morgan fingerprint density at radius 1 is 1.11 bits per heavy atom. The topological polar surface area (TPSA) is 129 Å². The predicted molar refractivity (Wildman–Crippen MR) is 125 cm³/mol. The van der Waals surface area contributed by atoms with E-state index in [0.717, 1.165) is 0 Å². The molecule has 2 N–H and O–H groups in total. The van der Waals surface area contributed by atoms with Gasteiger partial charge >= 0.3 is 18.0 Å². The number of benzene rings is 1. The average molecular weight is 516 g/mol. The number of carbonyl (C=O) groups excluding carboxylic acids is 3. The van der Waals surface area contributed by atoms with Crippen LogP contribution < -0.4 is 15.4 Å². The highest BCUT2D eigenvalue weighted by Gasteiger charge is 2.36. The highest BCUT2D eigenvalue weighted by molar-refractivity contribution is 7.09. The second-order valence-corrected chi connectivity index (χ2v) is 8.48. The van der Waals surface area contributed by atoms with E-state index in [1.807, 2.05) is 0 Å². The lowest BCUT2D eigenvalue weighted by Crippen LogP contribution is -2.47. The number of aromatic nitrogens is 1. The fraction of sp³-hybridized carbons (Fsp3) is 0.250. The van der Waals surface area contributed by atoms with Crippen molar-refractivity contribution in [2.24, 2.45) is 0 Å². The SMILES string of the molecule is CCOC(=O)C1=C(COC(=O)c2csc(COc3ccc(F)cc3)n2)NC(=O)N[C@@H]1c1ccc(C)o1. The molecule has 10 nitrogen and oxygen atoms in total. The highest BCUT2D eigenvalue weighted by atomic mass is 32.1. The van der Waals surface area contributed by atoms with Gasteiger partial charge in [-0.05, 0) is 50.2 Å². The first-order valence-electron chi connectivity index (χ1n) is 10.9. The molecule has 0 aliphatic carbocycles. The fourth-order valence-electron chi connectivity index (χ4n) is 3.36. The van der Waals surface area contributed by atoms with Gasteiger partial charge in [-0.25, -0.2) is 23.8 Å². The zero-order valence-corrected chi connectivity index (χ0v) is 20.1. The van der Waals surface area contributed by atoms with E-state index in [4.69, 9.17) is 18.6 Å². The fourth-order valence-corrected chi connectivity index (χ4v) is 4.04. The number of nitrogens with one attached hydrogen (secondary N) is 2. The van der Waals surface area contributed by atoms with Gasteiger partial charge in [0.15, 0.2) is 5.69 Å². The molecule has 0 radical (unpaired) electrons. The van der Waals surface area contributed by atoms with Gasteiger partial charge in [0, 0.05) is 5.38 Å². The molecular weight excluding hydrogens is 493 g/mol. The molecule has 1 aliphatic rings. The number of rotatable bonds is 9. The number of thiazole rings is 1. The Hall–Kier alpha value is -4.19. The van der Waals surface area contributed by atoms with Crippen LogP contribution in [-0.2, 0) is 20.9 Å². The van der Waals surface area contributed by atoms with Gasteiger partial charge in [0.25, 0.3) is 0 Å². The maximum absolute atomic E-state index is 13.0. The number of hydrogen-bond acceptors (Lipinski definition) is 9. The molecule has 36 heavy (non-hydrogen) atoms. The van der Waals surface area contributed by atoms with E-state index in [2.05, 4.69) is 15.6 Å². The summed E-state index contributed by atoms with van der Waals surface area (Å²) in [6.45, 7) is 3.16. The van der Waals surface area contributed by atoms with Crippen LogP contribution in [0.2, 0.25) is 0 Å². The summed E-state index contributed by atoms with van der Waals surface area (Å²) in [5.41, 5.74) is 0.166. The van der Waals surface area contributed by atoms with Crippen molar-refractivity contribution < 1.29 is 37.4 Å². The van der Waals surface area contributed by atoms with E-state index in [9.17, 15) is 18.8 Å². The summed E-state index contributed by atoms with van der Waals surface area (Å²) < 4.78 is 34.6. The van der Waals surface area contributed by atoms with Crippen LogP contribution in [0.25, 0.3) is 0 Å². The largest absolute Gasteiger partial charge is 0.486 e. The van der Waals surface area contributed by atoms with Crippen molar-refractivity contribution in [3.63, 3.8) is 0 Å². The van der Waals surface area contributed by atoms with Gasteiger partial charge in [-0.3, -0.25) is 0 Å². The molecular formula is C24H22FN3O7S. The molecule has 0 saturated carbocycles. The Labute approximate surface area is 209 Å². The molecule has 1 atom stereocenters. The summed E-state index contributed by atoms with van der Waals surface area (Å²) in [7, 11) is 0. The second kappa shape index (κ2) is 11.0. The molecule has 0 saturated heterocycles. The zero-order valence-electron chi connectivity index (χ0n) is 19.3. The third-order valence-electron chi connectivity index (χ3n) is 4.98. The number of urea groups is 1. The predicted octanol–water partition coefficient (Wildman–Crippen LogP) is 3.79. The molecule has 0 unspecified atom stereocenters. The van der Waals surface area contributed by atoms with Crippen LogP contribution in [0.5, 0.6) is 5.75 Å². The molecule has 0 bridgehead atoms. The summed E-state index contributed by atoms with van der Waals surface area (Å²) in [5.74, 6) is -0.441. The third-order valence-corrected chi connectivity index (χ3v) is 5.80. The molecule has 3 heterocycles. The lowest BCUT2D eigenvalue weighted by atomic mass is 10.0. The molecule has 4 rings (SSSR count). The summed E-state index contributed by atoms with van der Waals surface area (Å²) in [6, 6.07) is 7.34. The summed E-state index contributed by atoms with van der Waals surface area (Å²) in [6.07, 6.45) is 0. The lowest BCUT2D eigenvalue weighted by Gasteiger charge is -2.27. The van der Waals surface area contributed by atoms with Crippen LogP contribution in [0.15, 0.2) is 57.5 Å². The average Bonchev–Trinajstić information content (AvgIpc) is 3.51. The number of aryl methyl sites for hydroxylation is 1. The van der Waals surface area contributed by atoms with Crippen LogP contribution in [0.1, 0.15) is 40.0 Å². The van der Waals surface area contributed by atoms with Crippen molar-refractivity contribution in [2.75, 3.05) is 13.2 Å². The molecule has 3 aromatic rings. The minimum absolute atomic E-state index is 0.0365. The number of hydrogen-bond donors (Lipinski definition) is 2. The Morgan fingerprint density at radius 2 is 1.89 bits per heavy atom. The number of carbonyl (C=O) groups is 3. The van der Waals surface area contributed by atoms with Crippen LogP contribution in [-0.4, -0.2) is 36.2 Å². The molecule has 0 fully saturated rings. The van der Waals surface area contributed by atoms with Crippen molar-refractivity contribution in [2.45, 2.75) is 26.5 Å². The Kier molecular flexibility index (Phi) is 7.64. The van der Waals surface area contributed by atoms with E-state index >= 15 is 0 Å². The first-order chi connectivity index (χ1) is 17.3. The third kappa shape index (κ3) is 5.89. The van der Waals surface area contributed by atoms with E-state index in [1.54, 1.807) is 26.0 Å². The quantitative estimate of drug-likeness (QED) is 0.412. The maximum atomic E-state index is 13.0. The Morgan fingerprint density at radius 3 is 2.58 bits per heavy atom. The molecule has 1 aliphatic heterocycles. The lowest BCUT2D eigenvalue weighted by molar-refractivity contribution is -0.139. The maximum Gasteiger partial charge on any atom is 0.358 e. The molecule has 1 aromatic carbocycles. The van der Waals surface area contributed by atoms with Gasteiger partial charge in [0.1, 0.15) is 47.4 Å². The summed E-state index contributed by atoms with van der Waals surface area (Å²) >= 11 is 1.18. The van der Waals surface area contributed by atoms with E-state index in [1.165, 1.54) is 41.0 Å². The van der Waals surface area contributed by atoms with E-state index < -0.39 is 30.6 Å². The minimum Gasteiger partial charge on any atom is -0.486 e. The number of furan rings is 1. The number of ether oxygens (including phenoxy) is 3. The van der Waals surface area contributed by atoms with Crippen LogP contribution >= 0.6 is 11.3 Å². The van der Waals surface area contributed by atoms with Gasteiger partial charge < -0.3 is 29.3 Å². The van der Waals surface area contributed by atoms with Crippen LogP contribution in [0.3, 0.4) is 0 Å². The molecule has 2 aromatic heterocycles. The van der Waals surface area contributed by atoms with Gasteiger partial charge in [-0.2, -0.15) is 0 Å². The monoisotopic (exact) mass is 515 g/mol. The Bertz CT molecular complexity index is 1300. The smallest absolute Gasteiger partial charge is 0.358 e. The number of nitrogens with zero attached hydrogens (tertiary/aromatic N) is 1. The normalized spacial score (nSPS) is 15.2. The summed E-state index contributed by atoms with van der Waals surface area (Å²) in [4.78, 5) is 41.8. The van der Waals surface area contributed by atoms with E-state index in [0.29, 0.717) is 22.3 Å². The van der Waals surface area contributed by atoms with E-state index in [-0.39, 0.29) is 36.0 Å². The van der Waals surface area contributed by atoms with Crippen molar-refractivity contribution in [1.29, 1.82) is 0 Å². The van der Waals surface area contributed by atoms with Gasteiger partial charge in [-0.15, -0.1) is 11.3 Å². The van der Waals surface area contributed by atoms with Gasteiger partial charge in [0.2, 0.25) is 0 Å². The van der Waals surface area contributed by atoms with Crippen molar-refractivity contribution in [3.8, 4) is 5.75 Å². The highest BCUT2D eigenvalue weighted by Crippen LogP contribution is 2.29. The molecule has 12 heteroatoms. The van der Waals surface area contributed by atoms with Gasteiger partial charge in [-0.1, -0.05) is 0 Å².